The first-order valence-electron chi connectivity index (χ1n) is 6.37. The van der Waals surface area contributed by atoms with E-state index in [0.717, 1.165) is 12.8 Å². The molecule has 0 bridgehead atoms. The SMILES string of the molecule is CCC(CC)Oc1ccc(F)cc1NC=C(C#N)C#N. The van der Waals surface area contributed by atoms with Crippen LogP contribution >= 0.6 is 0 Å². The quantitative estimate of drug-likeness (QED) is 0.802. The van der Waals surface area contributed by atoms with Gasteiger partial charge in [0.2, 0.25) is 0 Å². The van der Waals surface area contributed by atoms with Crippen molar-refractivity contribution in [3.63, 3.8) is 0 Å². The lowest BCUT2D eigenvalue weighted by atomic mass is 10.2. The van der Waals surface area contributed by atoms with E-state index in [2.05, 4.69) is 5.32 Å². The van der Waals surface area contributed by atoms with Crippen molar-refractivity contribution < 1.29 is 9.13 Å². The van der Waals surface area contributed by atoms with Crippen LogP contribution in [0.5, 0.6) is 5.75 Å². The van der Waals surface area contributed by atoms with E-state index in [9.17, 15) is 4.39 Å². The summed E-state index contributed by atoms with van der Waals surface area (Å²) in [6, 6.07) is 7.55. The minimum Gasteiger partial charge on any atom is -0.488 e. The number of anilines is 1. The van der Waals surface area contributed by atoms with Gasteiger partial charge in [-0.2, -0.15) is 10.5 Å². The molecule has 0 atom stereocenters. The molecule has 0 radical (unpaired) electrons. The Balaban J connectivity index is 3.00. The number of ether oxygens (including phenoxy) is 1. The molecule has 20 heavy (non-hydrogen) atoms. The number of halogens is 1. The molecule has 1 aromatic carbocycles. The maximum atomic E-state index is 13.3. The number of hydrogen-bond donors (Lipinski definition) is 1. The second-order valence-corrected chi connectivity index (χ2v) is 4.12. The number of benzene rings is 1. The van der Waals surface area contributed by atoms with Crippen molar-refractivity contribution in [2.75, 3.05) is 5.32 Å². The highest BCUT2D eigenvalue weighted by Crippen LogP contribution is 2.27. The minimum atomic E-state index is -0.423. The van der Waals surface area contributed by atoms with Gasteiger partial charge < -0.3 is 10.1 Å². The van der Waals surface area contributed by atoms with Crippen LogP contribution in [0, 0.1) is 28.5 Å². The Hall–Kier alpha value is -2.53. The van der Waals surface area contributed by atoms with E-state index in [1.165, 1.54) is 24.4 Å². The van der Waals surface area contributed by atoms with Crippen LogP contribution in [0.4, 0.5) is 10.1 Å². The van der Waals surface area contributed by atoms with Crippen molar-refractivity contribution in [2.45, 2.75) is 32.8 Å². The van der Waals surface area contributed by atoms with Gasteiger partial charge in [0.15, 0.2) is 0 Å². The lowest BCUT2D eigenvalue weighted by Gasteiger charge is -2.18. The van der Waals surface area contributed by atoms with Crippen LogP contribution in [0.25, 0.3) is 0 Å². The fourth-order valence-corrected chi connectivity index (χ4v) is 1.59. The van der Waals surface area contributed by atoms with Crippen LogP contribution in [-0.4, -0.2) is 6.10 Å². The Labute approximate surface area is 118 Å². The van der Waals surface area contributed by atoms with E-state index >= 15 is 0 Å². The van der Waals surface area contributed by atoms with Gasteiger partial charge in [-0.3, -0.25) is 0 Å². The van der Waals surface area contributed by atoms with Crippen LogP contribution < -0.4 is 10.1 Å². The molecule has 0 amide bonds. The summed E-state index contributed by atoms with van der Waals surface area (Å²) >= 11 is 0. The highest BCUT2D eigenvalue weighted by atomic mass is 19.1. The standard InChI is InChI=1S/C15H16FN3O/c1-3-13(4-2)20-15-6-5-12(16)7-14(15)19-10-11(8-17)9-18/h5-7,10,13,19H,3-4H2,1-2H3. The Morgan fingerprint density at radius 2 is 2.00 bits per heavy atom. The van der Waals surface area contributed by atoms with Crippen LogP contribution in [0.3, 0.4) is 0 Å². The number of hydrogen-bond acceptors (Lipinski definition) is 4. The molecular weight excluding hydrogens is 257 g/mol. The van der Waals surface area contributed by atoms with E-state index in [1.807, 2.05) is 13.8 Å². The molecule has 0 saturated carbocycles. The van der Waals surface area contributed by atoms with E-state index in [0.29, 0.717) is 11.4 Å². The number of allylic oxidation sites excluding steroid dienone is 1. The van der Waals surface area contributed by atoms with Gasteiger partial charge in [-0.05, 0) is 25.0 Å². The fraction of sp³-hybridized carbons (Fsp3) is 0.333. The molecule has 5 heteroatoms. The molecule has 0 aromatic heterocycles. The third-order valence-corrected chi connectivity index (χ3v) is 2.76. The van der Waals surface area contributed by atoms with E-state index < -0.39 is 5.82 Å². The first kappa shape index (κ1) is 15.5. The van der Waals surface area contributed by atoms with Crippen LogP contribution in [0.15, 0.2) is 30.0 Å². The van der Waals surface area contributed by atoms with Gasteiger partial charge in [0.1, 0.15) is 29.3 Å². The zero-order chi connectivity index (χ0) is 15.0. The van der Waals surface area contributed by atoms with Crippen molar-refractivity contribution in [3.8, 4) is 17.9 Å². The molecule has 0 heterocycles. The van der Waals surface area contributed by atoms with Crippen molar-refractivity contribution in [1.29, 1.82) is 10.5 Å². The molecule has 0 spiro atoms. The van der Waals surface area contributed by atoms with Gasteiger partial charge in [0.05, 0.1) is 11.8 Å². The van der Waals surface area contributed by atoms with Gasteiger partial charge in [-0.15, -0.1) is 0 Å². The van der Waals surface area contributed by atoms with Gasteiger partial charge >= 0.3 is 0 Å². The third kappa shape index (κ3) is 4.29. The lowest BCUT2D eigenvalue weighted by Crippen LogP contribution is -2.14. The Morgan fingerprint density at radius 3 is 2.55 bits per heavy atom. The van der Waals surface area contributed by atoms with E-state index in [1.54, 1.807) is 12.1 Å². The summed E-state index contributed by atoms with van der Waals surface area (Å²) in [5, 5.41) is 20.1. The third-order valence-electron chi connectivity index (χ3n) is 2.76. The molecular formula is C15H16FN3O. The number of nitrogens with zero attached hydrogens (tertiary/aromatic N) is 2. The normalized spacial score (nSPS) is 9.50. The van der Waals surface area contributed by atoms with Gasteiger partial charge in [0, 0.05) is 12.3 Å². The molecule has 0 saturated heterocycles. The summed E-state index contributed by atoms with van der Waals surface area (Å²) in [7, 11) is 0. The average Bonchev–Trinajstić information content (AvgIpc) is 2.47. The number of nitrogens with one attached hydrogen (secondary N) is 1. The van der Waals surface area contributed by atoms with E-state index in [4.69, 9.17) is 15.3 Å². The first-order chi connectivity index (χ1) is 9.64. The summed E-state index contributed by atoms with van der Waals surface area (Å²) in [5.41, 5.74) is 0.294. The monoisotopic (exact) mass is 273 g/mol. The fourth-order valence-electron chi connectivity index (χ4n) is 1.59. The Bertz CT molecular complexity index is 549. The first-order valence-corrected chi connectivity index (χ1v) is 6.37. The molecule has 0 fully saturated rings. The zero-order valence-corrected chi connectivity index (χ0v) is 11.5. The maximum absolute atomic E-state index is 13.3. The molecule has 0 aliphatic heterocycles. The average molecular weight is 273 g/mol. The van der Waals surface area contributed by atoms with Crippen molar-refractivity contribution >= 4 is 5.69 Å². The zero-order valence-electron chi connectivity index (χ0n) is 11.5. The predicted molar refractivity (Wildman–Crippen MR) is 74.3 cm³/mol. The molecule has 1 rings (SSSR count). The summed E-state index contributed by atoms with van der Waals surface area (Å²) in [4.78, 5) is 0. The van der Waals surface area contributed by atoms with Crippen molar-refractivity contribution in [2.24, 2.45) is 0 Å². The molecule has 0 aliphatic carbocycles. The lowest BCUT2D eigenvalue weighted by molar-refractivity contribution is 0.194. The van der Waals surface area contributed by atoms with Crippen molar-refractivity contribution in [1.82, 2.24) is 0 Å². The Kier molecular flexibility index (Phi) is 6.06. The van der Waals surface area contributed by atoms with Gasteiger partial charge in [0.25, 0.3) is 0 Å². The molecule has 1 N–H and O–H groups in total. The van der Waals surface area contributed by atoms with Gasteiger partial charge in [-0.1, -0.05) is 13.8 Å². The molecule has 0 unspecified atom stereocenters. The predicted octanol–water partition coefficient (Wildman–Crippen LogP) is 3.74. The van der Waals surface area contributed by atoms with Crippen molar-refractivity contribution in [3.05, 3.63) is 35.8 Å². The van der Waals surface area contributed by atoms with Crippen LogP contribution in [-0.2, 0) is 0 Å². The van der Waals surface area contributed by atoms with Crippen LogP contribution in [0.2, 0.25) is 0 Å². The number of rotatable bonds is 6. The summed E-state index contributed by atoms with van der Waals surface area (Å²) in [6.07, 6.45) is 2.95. The minimum absolute atomic E-state index is 0.0383. The second kappa shape index (κ2) is 7.81. The van der Waals surface area contributed by atoms with E-state index in [-0.39, 0.29) is 11.7 Å². The smallest absolute Gasteiger partial charge is 0.145 e. The van der Waals surface area contributed by atoms with Gasteiger partial charge in [-0.25, -0.2) is 4.39 Å². The largest absolute Gasteiger partial charge is 0.488 e. The topological polar surface area (TPSA) is 68.8 Å². The highest BCUT2D eigenvalue weighted by Gasteiger charge is 2.10. The maximum Gasteiger partial charge on any atom is 0.145 e. The summed E-state index contributed by atoms with van der Waals surface area (Å²) in [6.45, 7) is 4.02. The summed E-state index contributed by atoms with van der Waals surface area (Å²) in [5.74, 6) is 0.0693. The molecule has 104 valence electrons. The number of nitriles is 2. The van der Waals surface area contributed by atoms with Crippen LogP contribution in [0.1, 0.15) is 26.7 Å². The highest BCUT2D eigenvalue weighted by molar-refractivity contribution is 5.59. The second-order valence-electron chi connectivity index (χ2n) is 4.12. The molecule has 0 aliphatic rings. The summed E-state index contributed by atoms with van der Waals surface area (Å²) < 4.78 is 19.1. The Morgan fingerprint density at radius 1 is 1.35 bits per heavy atom. The molecule has 1 aromatic rings. The molecule has 4 nitrogen and oxygen atoms in total.